The van der Waals surface area contributed by atoms with Gasteiger partial charge in [0.05, 0.1) is 12.5 Å². The second-order valence-corrected chi connectivity index (χ2v) is 7.10. The summed E-state index contributed by atoms with van der Waals surface area (Å²) in [4.78, 5) is 28.7. The van der Waals surface area contributed by atoms with Crippen LogP contribution in [-0.2, 0) is 16.0 Å². The summed E-state index contributed by atoms with van der Waals surface area (Å²) >= 11 is 0. The molecule has 28 heavy (non-hydrogen) atoms. The molecule has 0 aliphatic rings. The lowest BCUT2D eigenvalue weighted by molar-refractivity contribution is -0.131. The van der Waals surface area contributed by atoms with E-state index in [1.807, 2.05) is 36.5 Å². The fraction of sp³-hybridized carbons (Fsp3) is 0.500. The monoisotopic (exact) mass is 382 g/mol. The number of carbonyl (C=O) groups excluding carboxylic acids is 2. The first-order valence-corrected chi connectivity index (χ1v) is 10.1. The van der Waals surface area contributed by atoms with Crippen LogP contribution < -0.4 is 10.6 Å². The third-order valence-corrected chi connectivity index (χ3v) is 4.91. The zero-order chi connectivity index (χ0) is 20.4. The maximum absolute atomic E-state index is 12.8. The van der Waals surface area contributed by atoms with Gasteiger partial charge in [0.1, 0.15) is 6.04 Å². The van der Waals surface area contributed by atoms with Crippen molar-refractivity contribution in [1.29, 1.82) is 5.26 Å². The molecule has 0 aliphatic carbocycles. The lowest BCUT2D eigenvalue weighted by Crippen LogP contribution is -2.49. The van der Waals surface area contributed by atoms with E-state index < -0.39 is 6.04 Å². The Morgan fingerprint density at radius 1 is 1.14 bits per heavy atom. The topological polar surface area (TPSA) is 97.8 Å². The van der Waals surface area contributed by atoms with Gasteiger partial charge in [-0.15, -0.1) is 0 Å². The SMILES string of the molecule is CCCC(CCC)C(=O)NC(Cc1c[nH]c2ccccc12)C(=O)NCCC#N. The Labute approximate surface area is 166 Å². The normalized spacial score (nSPS) is 11.9. The molecule has 2 aromatic rings. The largest absolute Gasteiger partial charge is 0.361 e. The Balaban J connectivity index is 2.17. The molecule has 150 valence electrons. The minimum absolute atomic E-state index is 0.0658. The van der Waals surface area contributed by atoms with Gasteiger partial charge in [0.15, 0.2) is 0 Å². The highest BCUT2D eigenvalue weighted by atomic mass is 16.2. The van der Waals surface area contributed by atoms with E-state index in [9.17, 15) is 9.59 Å². The maximum Gasteiger partial charge on any atom is 0.242 e. The van der Waals surface area contributed by atoms with E-state index in [4.69, 9.17) is 5.26 Å². The van der Waals surface area contributed by atoms with Crippen LogP contribution in [0.15, 0.2) is 30.5 Å². The Hall–Kier alpha value is -2.81. The van der Waals surface area contributed by atoms with E-state index >= 15 is 0 Å². The van der Waals surface area contributed by atoms with Crippen molar-refractivity contribution in [2.45, 2.75) is 58.4 Å². The molecule has 0 saturated heterocycles. The number of hydrogen-bond donors (Lipinski definition) is 3. The number of nitrogens with one attached hydrogen (secondary N) is 3. The summed E-state index contributed by atoms with van der Waals surface area (Å²) < 4.78 is 0. The average molecular weight is 383 g/mol. The zero-order valence-electron chi connectivity index (χ0n) is 16.8. The van der Waals surface area contributed by atoms with Crippen molar-refractivity contribution < 1.29 is 9.59 Å². The van der Waals surface area contributed by atoms with Gasteiger partial charge in [0, 0.05) is 36.0 Å². The van der Waals surface area contributed by atoms with E-state index in [-0.39, 0.29) is 30.7 Å². The minimum atomic E-state index is -0.665. The number of rotatable bonds is 11. The first-order chi connectivity index (χ1) is 13.6. The van der Waals surface area contributed by atoms with Crippen LogP contribution in [0.5, 0.6) is 0 Å². The van der Waals surface area contributed by atoms with Gasteiger partial charge in [0.25, 0.3) is 0 Å². The van der Waals surface area contributed by atoms with Crippen molar-refractivity contribution in [2.75, 3.05) is 6.54 Å². The van der Waals surface area contributed by atoms with Crippen molar-refractivity contribution in [3.05, 3.63) is 36.0 Å². The summed E-state index contributed by atoms with van der Waals surface area (Å²) in [6.45, 7) is 4.41. The number of hydrogen-bond acceptors (Lipinski definition) is 3. The van der Waals surface area contributed by atoms with Crippen molar-refractivity contribution in [3.63, 3.8) is 0 Å². The summed E-state index contributed by atoms with van der Waals surface area (Å²) in [5, 5.41) is 15.5. The standard InChI is InChI=1S/C22H30N4O2/c1-3-8-16(9-4-2)21(27)26-20(22(28)24-13-7-12-23)14-17-15-25-19-11-6-5-10-18(17)19/h5-6,10-11,15-16,20,25H,3-4,7-9,13-14H2,1-2H3,(H,24,28)(H,26,27). The zero-order valence-corrected chi connectivity index (χ0v) is 16.8. The summed E-state index contributed by atoms with van der Waals surface area (Å²) in [6, 6.07) is 9.25. The van der Waals surface area contributed by atoms with Crippen molar-refractivity contribution in [3.8, 4) is 6.07 Å². The van der Waals surface area contributed by atoms with Gasteiger partial charge in [0.2, 0.25) is 11.8 Å². The quantitative estimate of drug-likeness (QED) is 0.519. The Morgan fingerprint density at radius 2 is 1.86 bits per heavy atom. The molecular weight excluding hydrogens is 352 g/mol. The lowest BCUT2D eigenvalue weighted by atomic mass is 9.96. The van der Waals surface area contributed by atoms with Gasteiger partial charge in [-0.1, -0.05) is 44.9 Å². The molecule has 1 heterocycles. The smallest absolute Gasteiger partial charge is 0.242 e. The molecule has 0 saturated carbocycles. The molecule has 6 nitrogen and oxygen atoms in total. The average Bonchev–Trinajstić information content (AvgIpc) is 3.10. The second kappa shape index (κ2) is 11.1. The summed E-state index contributed by atoms with van der Waals surface area (Å²) in [7, 11) is 0. The number of carbonyl (C=O) groups is 2. The van der Waals surface area contributed by atoms with Crippen LogP contribution >= 0.6 is 0 Å². The number of amides is 2. The van der Waals surface area contributed by atoms with Gasteiger partial charge in [-0.3, -0.25) is 9.59 Å². The van der Waals surface area contributed by atoms with E-state index in [1.165, 1.54) is 0 Å². The first kappa shape index (κ1) is 21.5. The predicted octanol–water partition coefficient (Wildman–Crippen LogP) is 3.44. The van der Waals surface area contributed by atoms with Crippen LogP contribution in [0.1, 0.15) is 51.5 Å². The van der Waals surface area contributed by atoms with Gasteiger partial charge in [-0.25, -0.2) is 0 Å². The van der Waals surface area contributed by atoms with E-state index in [1.54, 1.807) is 0 Å². The van der Waals surface area contributed by atoms with Gasteiger partial charge in [-0.2, -0.15) is 5.26 Å². The minimum Gasteiger partial charge on any atom is -0.361 e. The molecule has 0 aliphatic heterocycles. The van der Waals surface area contributed by atoms with Crippen LogP contribution in [0.3, 0.4) is 0 Å². The van der Waals surface area contributed by atoms with Crippen molar-refractivity contribution in [2.24, 2.45) is 5.92 Å². The number of fused-ring (bicyclic) bond motifs is 1. The fourth-order valence-electron chi connectivity index (χ4n) is 3.49. The molecule has 0 spiro atoms. The molecule has 1 unspecified atom stereocenters. The fourth-order valence-corrected chi connectivity index (χ4v) is 3.49. The summed E-state index contributed by atoms with van der Waals surface area (Å²) in [5.74, 6) is -0.392. The van der Waals surface area contributed by atoms with Crippen LogP contribution in [0.25, 0.3) is 10.9 Å². The Morgan fingerprint density at radius 3 is 2.54 bits per heavy atom. The highest BCUT2D eigenvalue weighted by Crippen LogP contribution is 2.20. The van der Waals surface area contributed by atoms with Crippen LogP contribution in [0.2, 0.25) is 0 Å². The molecular formula is C22H30N4O2. The highest BCUT2D eigenvalue weighted by molar-refractivity contribution is 5.90. The van der Waals surface area contributed by atoms with Gasteiger partial charge in [-0.05, 0) is 24.5 Å². The first-order valence-electron chi connectivity index (χ1n) is 10.1. The van der Waals surface area contributed by atoms with E-state index in [0.717, 1.165) is 42.1 Å². The number of para-hydroxylation sites is 1. The number of aromatic nitrogens is 1. The van der Waals surface area contributed by atoms with Crippen molar-refractivity contribution in [1.82, 2.24) is 15.6 Å². The van der Waals surface area contributed by atoms with Crippen molar-refractivity contribution >= 4 is 22.7 Å². The number of aromatic amines is 1. The van der Waals surface area contributed by atoms with E-state index in [2.05, 4.69) is 29.5 Å². The number of H-pyrrole nitrogens is 1. The lowest BCUT2D eigenvalue weighted by Gasteiger charge is -2.22. The summed E-state index contributed by atoms with van der Waals surface area (Å²) in [5.41, 5.74) is 1.99. The highest BCUT2D eigenvalue weighted by Gasteiger charge is 2.25. The summed E-state index contributed by atoms with van der Waals surface area (Å²) in [6.07, 6.45) is 6.03. The molecule has 2 amide bonds. The molecule has 3 N–H and O–H groups in total. The number of benzene rings is 1. The predicted molar refractivity (Wildman–Crippen MR) is 110 cm³/mol. The molecule has 1 atom stereocenters. The second-order valence-electron chi connectivity index (χ2n) is 7.10. The molecule has 1 aromatic heterocycles. The van der Waals surface area contributed by atoms with Crippen LogP contribution in [0, 0.1) is 17.2 Å². The molecule has 1 aromatic carbocycles. The molecule has 6 heteroatoms. The molecule has 2 rings (SSSR count). The van der Waals surface area contributed by atoms with Gasteiger partial charge < -0.3 is 15.6 Å². The third-order valence-electron chi connectivity index (χ3n) is 4.91. The Kier molecular flexibility index (Phi) is 8.54. The molecule has 0 bridgehead atoms. The maximum atomic E-state index is 12.8. The number of nitriles is 1. The van der Waals surface area contributed by atoms with Crippen LogP contribution in [0.4, 0.5) is 0 Å². The van der Waals surface area contributed by atoms with Crippen LogP contribution in [-0.4, -0.2) is 29.4 Å². The third kappa shape index (κ3) is 5.85. The molecule has 0 fully saturated rings. The van der Waals surface area contributed by atoms with E-state index in [0.29, 0.717) is 6.42 Å². The Bertz CT molecular complexity index is 815. The molecule has 0 radical (unpaired) electrons. The van der Waals surface area contributed by atoms with Gasteiger partial charge >= 0.3 is 0 Å². The number of nitrogens with zero attached hydrogens (tertiary/aromatic N) is 1.